The molecule has 0 bridgehead atoms. The molecule has 1 aromatic carbocycles. The molecule has 3 amide bonds. The van der Waals surface area contributed by atoms with Gasteiger partial charge in [-0.2, -0.15) is 0 Å². The second-order valence-corrected chi connectivity index (χ2v) is 12.3. The van der Waals surface area contributed by atoms with Crippen LogP contribution >= 0.6 is 0 Å². The van der Waals surface area contributed by atoms with Crippen molar-refractivity contribution in [1.29, 1.82) is 0 Å². The molecule has 2 fully saturated rings. The largest absolute Gasteiger partial charge is 0.444 e. The topological polar surface area (TPSA) is 100 Å². The van der Waals surface area contributed by atoms with Gasteiger partial charge in [0.2, 0.25) is 11.8 Å². The van der Waals surface area contributed by atoms with Gasteiger partial charge < -0.3 is 29.9 Å². The van der Waals surface area contributed by atoms with Crippen molar-refractivity contribution in [1.82, 2.24) is 20.4 Å². The first-order valence-corrected chi connectivity index (χ1v) is 13.3. The van der Waals surface area contributed by atoms with Crippen molar-refractivity contribution >= 4 is 17.9 Å². The standard InChI is InChI=1S/C28H43FN4O5.2H2/c1-17(30-8)24(34)31-23(27(2,3)4)25(35)32-14-13-20-22(32)21(15-33(20)26(36)38-28(5,6)7)37-16-18-9-11-19(29)12-10-18;;/h9-12,17,20-23,30H,13-16H2,1-8H3,(H,31,34);2*1H/t17-,20+,21-,22-,23+;;/m0../s1. The normalized spacial score (nSPS) is 23.1. The molecule has 2 saturated heterocycles. The van der Waals surface area contributed by atoms with Crippen LogP contribution in [0.15, 0.2) is 24.3 Å². The fourth-order valence-corrected chi connectivity index (χ4v) is 4.96. The zero-order valence-corrected chi connectivity index (χ0v) is 23.8. The lowest BCUT2D eigenvalue weighted by Crippen LogP contribution is -2.59. The summed E-state index contributed by atoms with van der Waals surface area (Å²) < 4.78 is 25.3. The van der Waals surface area contributed by atoms with Crippen LogP contribution in [0.4, 0.5) is 9.18 Å². The molecule has 0 aromatic heterocycles. The molecule has 10 heteroatoms. The summed E-state index contributed by atoms with van der Waals surface area (Å²) in [6.45, 7) is 13.8. The Labute approximate surface area is 228 Å². The van der Waals surface area contributed by atoms with Gasteiger partial charge in [0.05, 0.1) is 37.4 Å². The predicted molar refractivity (Wildman–Crippen MR) is 146 cm³/mol. The van der Waals surface area contributed by atoms with Gasteiger partial charge in [-0.05, 0) is 64.3 Å². The number of likely N-dealkylation sites (tertiary alicyclic amines) is 2. The lowest BCUT2D eigenvalue weighted by atomic mass is 9.85. The number of likely N-dealkylation sites (N-methyl/N-ethyl adjacent to an activating group) is 1. The Morgan fingerprint density at radius 1 is 1.11 bits per heavy atom. The molecule has 38 heavy (non-hydrogen) atoms. The van der Waals surface area contributed by atoms with E-state index in [-0.39, 0.29) is 39.7 Å². The number of carbonyl (C=O) groups is 3. The van der Waals surface area contributed by atoms with E-state index in [0.29, 0.717) is 13.0 Å². The number of hydrogen-bond donors (Lipinski definition) is 2. The van der Waals surface area contributed by atoms with Gasteiger partial charge in [0.1, 0.15) is 17.5 Å². The third-order valence-corrected chi connectivity index (χ3v) is 7.09. The quantitative estimate of drug-likeness (QED) is 0.551. The summed E-state index contributed by atoms with van der Waals surface area (Å²) in [7, 11) is 1.69. The van der Waals surface area contributed by atoms with Crippen LogP contribution < -0.4 is 10.6 Å². The molecule has 216 valence electrons. The molecule has 0 saturated carbocycles. The van der Waals surface area contributed by atoms with E-state index in [1.165, 1.54) is 12.1 Å². The van der Waals surface area contributed by atoms with Gasteiger partial charge >= 0.3 is 6.09 Å². The van der Waals surface area contributed by atoms with E-state index in [1.807, 2.05) is 41.5 Å². The van der Waals surface area contributed by atoms with Crippen molar-refractivity contribution in [2.24, 2.45) is 5.41 Å². The van der Waals surface area contributed by atoms with Crippen LogP contribution in [0.5, 0.6) is 0 Å². The van der Waals surface area contributed by atoms with E-state index < -0.39 is 41.3 Å². The molecule has 9 nitrogen and oxygen atoms in total. The minimum Gasteiger partial charge on any atom is -0.444 e. The molecule has 0 aliphatic carbocycles. The van der Waals surface area contributed by atoms with Crippen molar-refractivity contribution < 1.29 is 31.1 Å². The molecule has 2 aliphatic rings. The molecule has 5 atom stereocenters. The molecule has 3 rings (SSSR count). The maximum Gasteiger partial charge on any atom is 0.410 e. The minimum atomic E-state index is -0.766. The first-order chi connectivity index (χ1) is 17.6. The summed E-state index contributed by atoms with van der Waals surface area (Å²) in [4.78, 5) is 43.3. The summed E-state index contributed by atoms with van der Waals surface area (Å²) in [5.74, 6) is -0.799. The van der Waals surface area contributed by atoms with E-state index in [4.69, 9.17) is 9.47 Å². The second-order valence-electron chi connectivity index (χ2n) is 12.3. The molecule has 2 heterocycles. The SMILES string of the molecule is CN[C@@H](C)C(=O)N[C@H](C(=O)N1CC[C@@H]2[C@H]1[C@@H](OCc1ccc(F)cc1)CN2C(=O)OC(C)(C)C)C(C)(C)C.[HH].[HH]. The third kappa shape index (κ3) is 7.02. The lowest BCUT2D eigenvalue weighted by molar-refractivity contribution is -0.142. The van der Waals surface area contributed by atoms with Crippen LogP contribution in [0, 0.1) is 11.2 Å². The monoisotopic (exact) mass is 538 g/mol. The predicted octanol–water partition coefficient (Wildman–Crippen LogP) is 3.56. The number of fused-ring (bicyclic) bond motifs is 1. The van der Waals surface area contributed by atoms with Crippen LogP contribution in [-0.4, -0.2) is 83.7 Å². The van der Waals surface area contributed by atoms with Crippen molar-refractivity contribution in [2.45, 2.75) is 97.4 Å². The highest BCUT2D eigenvalue weighted by molar-refractivity contribution is 5.90. The lowest BCUT2D eigenvalue weighted by Gasteiger charge is -2.37. The number of rotatable bonds is 7. The van der Waals surface area contributed by atoms with Crippen LogP contribution in [0.3, 0.4) is 0 Å². The molecule has 0 unspecified atom stereocenters. The maximum atomic E-state index is 14.0. The van der Waals surface area contributed by atoms with Gasteiger partial charge in [-0.15, -0.1) is 0 Å². The van der Waals surface area contributed by atoms with Crippen molar-refractivity contribution in [3.05, 3.63) is 35.6 Å². The van der Waals surface area contributed by atoms with Crippen molar-refractivity contribution in [3.63, 3.8) is 0 Å². The van der Waals surface area contributed by atoms with Gasteiger partial charge in [0, 0.05) is 9.40 Å². The summed E-state index contributed by atoms with van der Waals surface area (Å²) in [5.41, 5.74) is -0.429. The van der Waals surface area contributed by atoms with Crippen LogP contribution in [-0.2, 0) is 25.7 Å². The molecule has 0 spiro atoms. The molecular weight excluding hydrogens is 491 g/mol. The Balaban J connectivity index is 0.00000400. The number of ether oxygens (including phenoxy) is 2. The molecule has 2 N–H and O–H groups in total. The average molecular weight is 539 g/mol. The summed E-state index contributed by atoms with van der Waals surface area (Å²) in [6.07, 6.45) is -0.348. The first kappa shape index (κ1) is 29.8. The fraction of sp³-hybridized carbons (Fsp3) is 0.679. The smallest absolute Gasteiger partial charge is 0.410 e. The number of benzene rings is 1. The Bertz CT molecular complexity index is 1020. The highest BCUT2D eigenvalue weighted by atomic mass is 19.1. The zero-order chi connectivity index (χ0) is 28.4. The third-order valence-electron chi connectivity index (χ3n) is 7.09. The molecular formula is C28H47FN4O5. The van der Waals surface area contributed by atoms with Gasteiger partial charge in [-0.25, -0.2) is 9.18 Å². The van der Waals surface area contributed by atoms with E-state index in [9.17, 15) is 18.8 Å². The fourth-order valence-electron chi connectivity index (χ4n) is 4.96. The highest BCUT2D eigenvalue weighted by Crippen LogP contribution is 2.36. The summed E-state index contributed by atoms with van der Waals surface area (Å²) >= 11 is 0. The van der Waals surface area contributed by atoms with Gasteiger partial charge in [-0.3, -0.25) is 9.59 Å². The number of hydrogen-bond acceptors (Lipinski definition) is 6. The van der Waals surface area contributed by atoms with Gasteiger partial charge in [-0.1, -0.05) is 32.9 Å². The summed E-state index contributed by atoms with van der Waals surface area (Å²) in [5, 5.41) is 5.84. The number of carbonyl (C=O) groups excluding carboxylic acids is 3. The number of halogens is 1. The second kappa shape index (κ2) is 11.6. The Hall–Kier alpha value is -2.72. The van der Waals surface area contributed by atoms with E-state index >= 15 is 0 Å². The Kier molecular flexibility index (Phi) is 9.08. The van der Waals surface area contributed by atoms with E-state index in [1.54, 1.807) is 35.9 Å². The Morgan fingerprint density at radius 3 is 2.29 bits per heavy atom. The average Bonchev–Trinajstić information content (AvgIpc) is 3.40. The first-order valence-electron chi connectivity index (χ1n) is 13.3. The van der Waals surface area contributed by atoms with Crippen molar-refractivity contribution in [3.8, 4) is 0 Å². The highest BCUT2D eigenvalue weighted by Gasteiger charge is 2.54. The minimum absolute atomic E-state index is 0. The van der Waals surface area contributed by atoms with Crippen molar-refractivity contribution in [2.75, 3.05) is 20.1 Å². The number of nitrogens with zero attached hydrogens (tertiary/aromatic N) is 2. The van der Waals surface area contributed by atoms with Crippen LogP contribution in [0.1, 0.15) is 63.3 Å². The molecule has 0 radical (unpaired) electrons. The number of nitrogens with one attached hydrogen (secondary N) is 2. The zero-order valence-electron chi connectivity index (χ0n) is 23.8. The maximum absolute atomic E-state index is 14.0. The van der Waals surface area contributed by atoms with E-state index in [2.05, 4.69) is 10.6 Å². The summed E-state index contributed by atoms with van der Waals surface area (Å²) in [6, 6.07) is 4.14. The molecule has 2 aliphatic heterocycles. The van der Waals surface area contributed by atoms with Crippen LogP contribution in [0.25, 0.3) is 0 Å². The number of amides is 3. The Morgan fingerprint density at radius 2 is 1.74 bits per heavy atom. The van der Waals surface area contributed by atoms with Gasteiger partial charge in [0.25, 0.3) is 0 Å². The van der Waals surface area contributed by atoms with E-state index in [0.717, 1.165) is 5.56 Å². The van der Waals surface area contributed by atoms with Crippen LogP contribution in [0.2, 0.25) is 0 Å². The molecule has 1 aromatic rings. The van der Waals surface area contributed by atoms with Gasteiger partial charge in [0.15, 0.2) is 0 Å².